The van der Waals surface area contributed by atoms with Crippen molar-refractivity contribution in [1.29, 1.82) is 0 Å². The summed E-state index contributed by atoms with van der Waals surface area (Å²) in [6, 6.07) is 2.01. The molecule has 0 atom stereocenters. The van der Waals surface area contributed by atoms with Gasteiger partial charge < -0.3 is 4.90 Å². The van der Waals surface area contributed by atoms with Crippen molar-refractivity contribution in [3.8, 4) is 0 Å². The molecule has 0 amide bonds. The molecular weight excluding hydrogens is 266 g/mol. The standard InChI is InChI=1S/C12H18BrN3/c1-12(2,3)11-14-9(13)8-10(15-11)16-6-4-5-7-16/h8H,4-7H2,1-3H3. The quantitative estimate of drug-likeness (QED) is 0.742. The van der Waals surface area contributed by atoms with Gasteiger partial charge in [0.15, 0.2) is 0 Å². The lowest BCUT2D eigenvalue weighted by molar-refractivity contribution is 0.543. The van der Waals surface area contributed by atoms with Crippen molar-refractivity contribution in [3.05, 3.63) is 16.5 Å². The van der Waals surface area contributed by atoms with Gasteiger partial charge in [-0.05, 0) is 28.8 Å². The predicted octanol–water partition coefficient (Wildman–Crippen LogP) is 3.14. The Morgan fingerprint density at radius 2 is 1.81 bits per heavy atom. The first-order valence-corrected chi connectivity index (χ1v) is 6.56. The van der Waals surface area contributed by atoms with E-state index in [1.807, 2.05) is 6.07 Å². The summed E-state index contributed by atoms with van der Waals surface area (Å²) < 4.78 is 0.884. The lowest BCUT2D eigenvalue weighted by Crippen LogP contribution is -2.23. The van der Waals surface area contributed by atoms with Crippen LogP contribution in [-0.2, 0) is 5.41 Å². The van der Waals surface area contributed by atoms with Crippen LogP contribution in [0.3, 0.4) is 0 Å². The largest absolute Gasteiger partial charge is 0.356 e. The van der Waals surface area contributed by atoms with E-state index in [4.69, 9.17) is 0 Å². The highest BCUT2D eigenvalue weighted by atomic mass is 79.9. The van der Waals surface area contributed by atoms with Crippen molar-refractivity contribution >= 4 is 21.7 Å². The SMILES string of the molecule is CC(C)(C)c1nc(Br)cc(N2CCCC2)n1. The smallest absolute Gasteiger partial charge is 0.137 e. The van der Waals surface area contributed by atoms with Gasteiger partial charge in [-0.2, -0.15) is 0 Å². The Bertz CT molecular complexity index is 378. The molecular formula is C12H18BrN3. The van der Waals surface area contributed by atoms with Crippen LogP contribution < -0.4 is 4.90 Å². The maximum Gasteiger partial charge on any atom is 0.137 e. The molecule has 1 saturated heterocycles. The van der Waals surface area contributed by atoms with Gasteiger partial charge in [0.1, 0.15) is 16.2 Å². The van der Waals surface area contributed by atoms with Gasteiger partial charge in [0.2, 0.25) is 0 Å². The van der Waals surface area contributed by atoms with Crippen LogP contribution in [0, 0.1) is 0 Å². The van der Waals surface area contributed by atoms with E-state index < -0.39 is 0 Å². The molecule has 1 aliphatic heterocycles. The number of nitrogens with zero attached hydrogens (tertiary/aromatic N) is 3. The van der Waals surface area contributed by atoms with Crippen molar-refractivity contribution in [3.63, 3.8) is 0 Å². The molecule has 0 aromatic carbocycles. The minimum absolute atomic E-state index is 0.00173. The van der Waals surface area contributed by atoms with Gasteiger partial charge in [0, 0.05) is 24.6 Å². The van der Waals surface area contributed by atoms with E-state index in [0.29, 0.717) is 0 Å². The van der Waals surface area contributed by atoms with E-state index in [9.17, 15) is 0 Å². The third-order valence-corrected chi connectivity index (χ3v) is 3.19. The van der Waals surface area contributed by atoms with Gasteiger partial charge in [0.05, 0.1) is 0 Å². The summed E-state index contributed by atoms with van der Waals surface area (Å²) in [5.41, 5.74) is -0.00173. The normalized spacial score (nSPS) is 16.9. The summed E-state index contributed by atoms with van der Waals surface area (Å²) in [4.78, 5) is 11.5. The van der Waals surface area contributed by atoms with E-state index in [-0.39, 0.29) is 5.41 Å². The molecule has 4 heteroatoms. The molecule has 88 valence electrons. The lowest BCUT2D eigenvalue weighted by atomic mass is 9.96. The number of halogens is 1. The average molecular weight is 284 g/mol. The summed E-state index contributed by atoms with van der Waals surface area (Å²) in [7, 11) is 0. The van der Waals surface area contributed by atoms with E-state index >= 15 is 0 Å². The molecule has 3 nitrogen and oxygen atoms in total. The molecule has 16 heavy (non-hydrogen) atoms. The maximum atomic E-state index is 4.67. The van der Waals surface area contributed by atoms with Crippen LogP contribution in [0.1, 0.15) is 39.4 Å². The van der Waals surface area contributed by atoms with Crippen molar-refractivity contribution in [2.24, 2.45) is 0 Å². The molecule has 0 unspecified atom stereocenters. The topological polar surface area (TPSA) is 29.0 Å². The Kier molecular flexibility index (Phi) is 3.19. The van der Waals surface area contributed by atoms with Crippen molar-refractivity contribution in [1.82, 2.24) is 9.97 Å². The fourth-order valence-corrected chi connectivity index (χ4v) is 2.22. The highest BCUT2D eigenvalue weighted by Gasteiger charge is 2.21. The average Bonchev–Trinajstić information content (AvgIpc) is 2.68. The minimum Gasteiger partial charge on any atom is -0.356 e. The van der Waals surface area contributed by atoms with Crippen molar-refractivity contribution < 1.29 is 0 Å². The monoisotopic (exact) mass is 283 g/mol. The molecule has 0 bridgehead atoms. The Labute approximate surface area is 105 Å². The first-order valence-electron chi connectivity index (χ1n) is 5.77. The van der Waals surface area contributed by atoms with Crippen LogP contribution in [0.4, 0.5) is 5.82 Å². The Morgan fingerprint density at radius 3 is 2.38 bits per heavy atom. The van der Waals surface area contributed by atoms with Gasteiger partial charge in [-0.15, -0.1) is 0 Å². The number of hydrogen-bond acceptors (Lipinski definition) is 3. The molecule has 2 rings (SSSR count). The second-order valence-electron chi connectivity index (χ2n) is 5.32. The minimum atomic E-state index is -0.00173. The van der Waals surface area contributed by atoms with Crippen molar-refractivity contribution in [2.45, 2.75) is 39.0 Å². The maximum absolute atomic E-state index is 4.67. The molecule has 1 aromatic heterocycles. The highest BCUT2D eigenvalue weighted by molar-refractivity contribution is 9.10. The first kappa shape index (κ1) is 11.8. The molecule has 0 spiro atoms. The number of anilines is 1. The van der Waals surface area contributed by atoms with Crippen LogP contribution in [0.5, 0.6) is 0 Å². The fraction of sp³-hybridized carbons (Fsp3) is 0.667. The molecule has 0 aliphatic carbocycles. The predicted molar refractivity (Wildman–Crippen MR) is 69.9 cm³/mol. The van der Waals surface area contributed by atoms with E-state index in [0.717, 1.165) is 29.3 Å². The molecule has 2 heterocycles. The van der Waals surface area contributed by atoms with Gasteiger partial charge in [0.25, 0.3) is 0 Å². The van der Waals surface area contributed by atoms with Gasteiger partial charge >= 0.3 is 0 Å². The van der Waals surface area contributed by atoms with E-state index in [1.54, 1.807) is 0 Å². The number of hydrogen-bond donors (Lipinski definition) is 0. The third kappa shape index (κ3) is 2.54. The zero-order valence-corrected chi connectivity index (χ0v) is 11.7. The second kappa shape index (κ2) is 4.32. The van der Waals surface area contributed by atoms with Crippen molar-refractivity contribution in [2.75, 3.05) is 18.0 Å². The molecule has 0 radical (unpaired) electrons. The molecule has 1 aliphatic rings. The van der Waals surface area contributed by atoms with Gasteiger partial charge in [-0.25, -0.2) is 9.97 Å². The summed E-state index contributed by atoms with van der Waals surface area (Å²) in [6.07, 6.45) is 2.54. The van der Waals surface area contributed by atoms with E-state index in [2.05, 4.69) is 51.6 Å². The molecule has 0 N–H and O–H groups in total. The van der Waals surface area contributed by atoms with Crippen LogP contribution >= 0.6 is 15.9 Å². The number of aromatic nitrogens is 2. The molecule has 1 fully saturated rings. The van der Waals surface area contributed by atoms with Gasteiger partial charge in [-0.1, -0.05) is 20.8 Å². The zero-order chi connectivity index (χ0) is 11.8. The number of rotatable bonds is 1. The van der Waals surface area contributed by atoms with Crippen LogP contribution in [0.2, 0.25) is 0 Å². The van der Waals surface area contributed by atoms with E-state index in [1.165, 1.54) is 12.8 Å². The summed E-state index contributed by atoms with van der Waals surface area (Å²) in [5, 5.41) is 0. The van der Waals surface area contributed by atoms with Crippen LogP contribution in [-0.4, -0.2) is 23.1 Å². The summed E-state index contributed by atoms with van der Waals surface area (Å²) >= 11 is 3.47. The molecule has 0 saturated carbocycles. The summed E-state index contributed by atoms with van der Waals surface area (Å²) in [6.45, 7) is 8.66. The van der Waals surface area contributed by atoms with Gasteiger partial charge in [-0.3, -0.25) is 0 Å². The fourth-order valence-electron chi connectivity index (χ4n) is 1.85. The van der Waals surface area contributed by atoms with Crippen LogP contribution in [0.25, 0.3) is 0 Å². The lowest BCUT2D eigenvalue weighted by Gasteiger charge is -2.21. The first-order chi connectivity index (χ1) is 7.47. The Morgan fingerprint density at radius 1 is 1.19 bits per heavy atom. The Hall–Kier alpha value is -0.640. The second-order valence-corrected chi connectivity index (χ2v) is 6.13. The zero-order valence-electron chi connectivity index (χ0n) is 10.1. The third-order valence-electron chi connectivity index (χ3n) is 2.78. The summed E-state index contributed by atoms with van der Waals surface area (Å²) in [5.74, 6) is 1.97. The highest BCUT2D eigenvalue weighted by Crippen LogP contribution is 2.25. The molecule has 1 aromatic rings. The van der Waals surface area contributed by atoms with Crippen LogP contribution in [0.15, 0.2) is 10.7 Å². The Balaban J connectivity index is 2.35.